The summed E-state index contributed by atoms with van der Waals surface area (Å²) < 4.78 is 27.0. The molecule has 1 aliphatic carbocycles. The third kappa shape index (κ3) is 5.23. The summed E-state index contributed by atoms with van der Waals surface area (Å²) in [6.45, 7) is 3.84. The first-order valence-corrected chi connectivity index (χ1v) is 12.2. The van der Waals surface area contributed by atoms with E-state index in [4.69, 9.17) is 23.2 Å². The van der Waals surface area contributed by atoms with E-state index in [0.29, 0.717) is 58.6 Å². The van der Waals surface area contributed by atoms with Crippen molar-refractivity contribution in [3.63, 3.8) is 0 Å². The molecule has 1 unspecified atom stereocenters. The van der Waals surface area contributed by atoms with Crippen molar-refractivity contribution in [1.29, 1.82) is 0 Å². The van der Waals surface area contributed by atoms with E-state index in [-0.39, 0.29) is 5.41 Å². The Kier molecular flexibility index (Phi) is 6.30. The van der Waals surface area contributed by atoms with Crippen molar-refractivity contribution in [1.82, 2.24) is 19.5 Å². The number of allylic oxidation sites excluding steroid dienone is 2. The molecule has 11 heteroatoms. The summed E-state index contributed by atoms with van der Waals surface area (Å²) in [6.07, 6.45) is 7.94. The lowest BCUT2D eigenvalue weighted by Gasteiger charge is -2.29. The summed E-state index contributed by atoms with van der Waals surface area (Å²) in [5, 5.41) is 14.3. The average Bonchev–Trinajstić information content (AvgIpc) is 3.39. The summed E-state index contributed by atoms with van der Waals surface area (Å²) >= 11 is 12.0. The molecule has 2 heterocycles. The first-order valence-electron chi connectivity index (χ1n) is 10.0. The molecule has 0 spiro atoms. The smallest absolute Gasteiger partial charge is 0.248 e. The SMILES string of the molecule is CC1(CNc2nc(Nc3cc(Cl)cc(Cl)c3)n[nH]2)C=CC(S(=O)(=O)N2CCCC2)=CC1. The zero-order valence-corrected chi connectivity index (χ0v) is 19.4. The maximum Gasteiger partial charge on any atom is 0.248 e. The van der Waals surface area contributed by atoms with Gasteiger partial charge in [0.2, 0.25) is 21.9 Å². The van der Waals surface area contributed by atoms with E-state index in [9.17, 15) is 8.42 Å². The molecule has 0 bridgehead atoms. The molecular weight excluding hydrogens is 459 g/mol. The van der Waals surface area contributed by atoms with Crippen LogP contribution in [-0.2, 0) is 10.0 Å². The average molecular weight is 483 g/mol. The highest BCUT2D eigenvalue weighted by atomic mass is 35.5. The first-order chi connectivity index (χ1) is 14.7. The maximum absolute atomic E-state index is 12.7. The van der Waals surface area contributed by atoms with Crippen molar-refractivity contribution < 1.29 is 8.42 Å². The minimum absolute atomic E-state index is 0.245. The van der Waals surface area contributed by atoms with Gasteiger partial charge in [-0.05, 0) is 43.5 Å². The van der Waals surface area contributed by atoms with Gasteiger partial charge in [0, 0.05) is 40.8 Å². The van der Waals surface area contributed by atoms with Crippen LogP contribution < -0.4 is 10.6 Å². The Morgan fingerprint density at radius 2 is 1.90 bits per heavy atom. The molecule has 31 heavy (non-hydrogen) atoms. The highest BCUT2D eigenvalue weighted by molar-refractivity contribution is 7.93. The van der Waals surface area contributed by atoms with E-state index in [1.54, 1.807) is 28.6 Å². The van der Waals surface area contributed by atoms with Crippen LogP contribution in [0.25, 0.3) is 0 Å². The summed E-state index contributed by atoms with van der Waals surface area (Å²) in [5.41, 5.74) is 0.437. The maximum atomic E-state index is 12.7. The van der Waals surface area contributed by atoms with Crippen LogP contribution in [0.5, 0.6) is 0 Å². The van der Waals surface area contributed by atoms with E-state index in [0.717, 1.165) is 12.8 Å². The Hall–Kier alpha value is -2.07. The van der Waals surface area contributed by atoms with Crippen molar-refractivity contribution in [2.45, 2.75) is 26.2 Å². The van der Waals surface area contributed by atoms with Crippen molar-refractivity contribution in [2.75, 3.05) is 30.3 Å². The monoisotopic (exact) mass is 482 g/mol. The largest absolute Gasteiger partial charge is 0.354 e. The Morgan fingerprint density at radius 3 is 2.55 bits per heavy atom. The van der Waals surface area contributed by atoms with Crippen LogP contribution in [0.3, 0.4) is 0 Å². The number of anilines is 3. The molecule has 1 atom stereocenters. The molecular formula is C20H24Cl2N6O2S. The predicted octanol–water partition coefficient (Wildman–Crippen LogP) is 4.54. The number of rotatable bonds is 7. The van der Waals surface area contributed by atoms with Gasteiger partial charge in [-0.3, -0.25) is 0 Å². The molecule has 166 valence electrons. The van der Waals surface area contributed by atoms with Gasteiger partial charge in [-0.15, -0.1) is 5.10 Å². The fourth-order valence-corrected chi connectivity index (χ4v) is 5.69. The molecule has 2 aliphatic rings. The summed E-state index contributed by atoms with van der Waals surface area (Å²) in [4.78, 5) is 4.76. The third-order valence-electron chi connectivity index (χ3n) is 5.39. The Bertz CT molecular complexity index is 1100. The van der Waals surface area contributed by atoms with E-state index in [1.165, 1.54) is 0 Å². The fraction of sp³-hybridized carbons (Fsp3) is 0.400. The van der Waals surface area contributed by atoms with Gasteiger partial charge in [0.1, 0.15) is 0 Å². The van der Waals surface area contributed by atoms with E-state index in [1.807, 2.05) is 12.2 Å². The van der Waals surface area contributed by atoms with Gasteiger partial charge in [-0.2, -0.15) is 9.29 Å². The normalized spacial score (nSPS) is 21.8. The van der Waals surface area contributed by atoms with Crippen molar-refractivity contribution in [3.05, 3.63) is 51.4 Å². The topological polar surface area (TPSA) is 103 Å². The number of hydrogen-bond acceptors (Lipinski definition) is 6. The molecule has 0 radical (unpaired) electrons. The quantitative estimate of drug-likeness (QED) is 0.534. The minimum atomic E-state index is -3.38. The van der Waals surface area contributed by atoms with Crippen molar-refractivity contribution in [3.8, 4) is 0 Å². The third-order valence-corrected chi connectivity index (χ3v) is 7.77. The molecule has 8 nitrogen and oxygen atoms in total. The Labute approximate surface area is 191 Å². The zero-order chi connectivity index (χ0) is 22.1. The van der Waals surface area contributed by atoms with Crippen LogP contribution in [0.2, 0.25) is 10.0 Å². The lowest BCUT2D eigenvalue weighted by atomic mass is 9.84. The zero-order valence-electron chi connectivity index (χ0n) is 17.0. The number of nitrogens with zero attached hydrogens (tertiary/aromatic N) is 3. The van der Waals surface area contributed by atoms with Crippen LogP contribution in [0.1, 0.15) is 26.2 Å². The highest BCUT2D eigenvalue weighted by Crippen LogP contribution is 2.33. The Balaban J connectivity index is 1.35. The van der Waals surface area contributed by atoms with Crippen LogP contribution in [0.4, 0.5) is 17.6 Å². The molecule has 1 fully saturated rings. The van der Waals surface area contributed by atoms with E-state index >= 15 is 0 Å². The summed E-state index contributed by atoms with van der Waals surface area (Å²) in [7, 11) is -3.38. The van der Waals surface area contributed by atoms with Crippen LogP contribution >= 0.6 is 23.2 Å². The van der Waals surface area contributed by atoms with Gasteiger partial charge in [-0.25, -0.2) is 13.5 Å². The molecule has 1 aromatic carbocycles. The second-order valence-corrected chi connectivity index (χ2v) is 10.9. The van der Waals surface area contributed by atoms with Gasteiger partial charge in [0.25, 0.3) is 0 Å². The number of hydrogen-bond donors (Lipinski definition) is 3. The van der Waals surface area contributed by atoms with E-state index in [2.05, 4.69) is 32.7 Å². The van der Waals surface area contributed by atoms with Crippen molar-refractivity contribution >= 4 is 50.8 Å². The summed E-state index contributed by atoms with van der Waals surface area (Å²) in [6, 6.07) is 5.10. The van der Waals surface area contributed by atoms with Gasteiger partial charge in [0.05, 0.1) is 4.91 Å². The van der Waals surface area contributed by atoms with Gasteiger partial charge in [0.15, 0.2) is 0 Å². The van der Waals surface area contributed by atoms with Crippen LogP contribution in [-0.4, -0.2) is 47.5 Å². The Morgan fingerprint density at radius 1 is 1.19 bits per heavy atom. The van der Waals surface area contributed by atoms with Crippen LogP contribution in [0, 0.1) is 5.41 Å². The molecule has 1 aromatic heterocycles. The standard InChI is InChI=1S/C20H24Cl2N6O2S/c1-20(6-4-17(5-7-20)31(29,30)28-8-2-3-9-28)13-23-18-25-19(27-26-18)24-16-11-14(21)10-15(22)12-16/h4-6,10-12H,2-3,7-9,13H2,1H3,(H3,23,24,25,26,27). The second kappa shape index (κ2) is 8.82. The van der Waals surface area contributed by atoms with Gasteiger partial charge < -0.3 is 10.6 Å². The number of nitrogens with one attached hydrogen (secondary N) is 3. The fourth-order valence-electron chi connectivity index (χ4n) is 3.59. The lowest BCUT2D eigenvalue weighted by Crippen LogP contribution is -2.31. The number of aromatic nitrogens is 3. The predicted molar refractivity (Wildman–Crippen MR) is 124 cm³/mol. The van der Waals surface area contributed by atoms with Crippen molar-refractivity contribution in [2.24, 2.45) is 5.41 Å². The lowest BCUT2D eigenvalue weighted by molar-refractivity contribution is 0.453. The van der Waals surface area contributed by atoms with E-state index < -0.39 is 10.0 Å². The van der Waals surface area contributed by atoms with Gasteiger partial charge >= 0.3 is 0 Å². The molecule has 2 aromatic rings. The molecule has 3 N–H and O–H groups in total. The molecule has 4 rings (SSSR count). The number of H-pyrrole nitrogens is 1. The van der Waals surface area contributed by atoms with Gasteiger partial charge in [-0.1, -0.05) is 42.3 Å². The number of benzene rings is 1. The number of aromatic amines is 1. The number of sulfonamides is 1. The molecule has 1 aliphatic heterocycles. The first kappa shape index (κ1) is 22.1. The molecule has 0 amide bonds. The molecule has 0 saturated carbocycles. The summed E-state index contributed by atoms with van der Waals surface area (Å²) in [5.74, 6) is 0.883. The highest BCUT2D eigenvalue weighted by Gasteiger charge is 2.31. The van der Waals surface area contributed by atoms with Crippen LogP contribution in [0.15, 0.2) is 41.3 Å². The second-order valence-electron chi connectivity index (χ2n) is 8.05. The minimum Gasteiger partial charge on any atom is -0.354 e. The molecule has 1 saturated heterocycles. The number of halogens is 2.